The molecule has 2 rings (SSSR count). The van der Waals surface area contributed by atoms with E-state index in [-0.39, 0.29) is 6.04 Å². The van der Waals surface area contributed by atoms with Crippen molar-refractivity contribution in [3.05, 3.63) is 41.2 Å². The van der Waals surface area contributed by atoms with Crippen LogP contribution in [-0.2, 0) is 13.5 Å². The van der Waals surface area contributed by atoms with Crippen molar-refractivity contribution in [1.29, 1.82) is 0 Å². The number of nitrogens with zero attached hydrogens (tertiary/aromatic N) is 4. The van der Waals surface area contributed by atoms with Crippen LogP contribution >= 0.6 is 0 Å². The summed E-state index contributed by atoms with van der Waals surface area (Å²) in [5.41, 5.74) is 8.57. The van der Waals surface area contributed by atoms with Gasteiger partial charge in [-0.2, -0.15) is 4.80 Å². The van der Waals surface area contributed by atoms with Gasteiger partial charge in [0, 0.05) is 12.5 Å². The second-order valence-corrected chi connectivity index (χ2v) is 4.83. The number of tetrazole rings is 1. The van der Waals surface area contributed by atoms with E-state index in [0.717, 1.165) is 5.56 Å². The van der Waals surface area contributed by atoms with Gasteiger partial charge in [-0.05, 0) is 22.3 Å². The van der Waals surface area contributed by atoms with Crippen LogP contribution in [0.5, 0.6) is 0 Å². The highest BCUT2D eigenvalue weighted by atomic mass is 15.6. The van der Waals surface area contributed by atoms with Crippen molar-refractivity contribution in [2.75, 3.05) is 0 Å². The Morgan fingerprint density at radius 1 is 1.17 bits per heavy atom. The average Bonchev–Trinajstić information content (AvgIpc) is 2.75. The van der Waals surface area contributed by atoms with Gasteiger partial charge in [-0.3, -0.25) is 0 Å². The normalized spacial score (nSPS) is 12.9. The molecule has 2 aromatic rings. The van der Waals surface area contributed by atoms with Crippen molar-refractivity contribution in [3.63, 3.8) is 0 Å². The summed E-state index contributed by atoms with van der Waals surface area (Å²) in [5.74, 6) is 1.22. The van der Waals surface area contributed by atoms with Crippen LogP contribution in [0, 0.1) is 0 Å². The van der Waals surface area contributed by atoms with Gasteiger partial charge >= 0.3 is 0 Å². The van der Waals surface area contributed by atoms with Crippen LogP contribution in [0.3, 0.4) is 0 Å². The lowest BCUT2D eigenvalue weighted by Crippen LogP contribution is -2.14. The summed E-state index contributed by atoms with van der Waals surface area (Å²) < 4.78 is 0. The monoisotopic (exact) mass is 245 g/mol. The Balaban J connectivity index is 2.06. The second kappa shape index (κ2) is 5.27. The third-order valence-corrected chi connectivity index (χ3v) is 2.98. The van der Waals surface area contributed by atoms with Gasteiger partial charge in [-0.1, -0.05) is 38.1 Å². The van der Waals surface area contributed by atoms with E-state index in [0.29, 0.717) is 18.2 Å². The molecule has 5 nitrogen and oxygen atoms in total. The Morgan fingerprint density at radius 2 is 1.78 bits per heavy atom. The molecule has 1 aromatic heterocycles. The molecule has 18 heavy (non-hydrogen) atoms. The van der Waals surface area contributed by atoms with E-state index in [9.17, 15) is 0 Å². The Morgan fingerprint density at radius 3 is 2.28 bits per heavy atom. The standard InChI is InChI=1S/C13H19N5/c1-9(2)10-4-6-11(7-5-10)12(14)8-13-15-17-18(3)16-13/h4-7,9,12H,8,14H2,1-3H3. The molecule has 0 amide bonds. The molecule has 0 aliphatic rings. The molecule has 1 aromatic carbocycles. The molecule has 0 aliphatic heterocycles. The molecule has 5 heteroatoms. The van der Waals surface area contributed by atoms with Gasteiger partial charge in [0.2, 0.25) is 0 Å². The summed E-state index contributed by atoms with van der Waals surface area (Å²) in [4.78, 5) is 1.45. The molecule has 0 spiro atoms. The highest BCUT2D eigenvalue weighted by Crippen LogP contribution is 2.19. The Hall–Kier alpha value is -1.75. The Kier molecular flexibility index (Phi) is 3.72. The van der Waals surface area contributed by atoms with E-state index < -0.39 is 0 Å². The fourth-order valence-corrected chi connectivity index (χ4v) is 1.85. The topological polar surface area (TPSA) is 69.6 Å². The van der Waals surface area contributed by atoms with Crippen molar-refractivity contribution in [1.82, 2.24) is 20.2 Å². The third kappa shape index (κ3) is 2.92. The zero-order chi connectivity index (χ0) is 13.1. The summed E-state index contributed by atoms with van der Waals surface area (Å²) in [6.07, 6.45) is 0.606. The summed E-state index contributed by atoms with van der Waals surface area (Å²) in [6.45, 7) is 4.36. The predicted molar refractivity (Wildman–Crippen MR) is 70.0 cm³/mol. The Labute approximate surface area is 107 Å². The van der Waals surface area contributed by atoms with Gasteiger partial charge in [-0.15, -0.1) is 10.2 Å². The first-order chi connectivity index (χ1) is 8.56. The largest absolute Gasteiger partial charge is 0.324 e. The van der Waals surface area contributed by atoms with Crippen molar-refractivity contribution >= 4 is 0 Å². The van der Waals surface area contributed by atoms with Gasteiger partial charge in [-0.25, -0.2) is 0 Å². The van der Waals surface area contributed by atoms with Crippen LogP contribution in [0.4, 0.5) is 0 Å². The number of aryl methyl sites for hydroxylation is 1. The minimum Gasteiger partial charge on any atom is -0.324 e. The molecule has 1 unspecified atom stereocenters. The molecular weight excluding hydrogens is 226 g/mol. The van der Waals surface area contributed by atoms with Crippen LogP contribution in [0.1, 0.15) is 42.8 Å². The van der Waals surface area contributed by atoms with Gasteiger partial charge in [0.05, 0.1) is 7.05 Å². The number of aromatic nitrogens is 4. The first kappa shape index (κ1) is 12.7. The molecule has 0 saturated heterocycles. The minimum atomic E-state index is -0.0876. The highest BCUT2D eigenvalue weighted by molar-refractivity contribution is 5.27. The summed E-state index contributed by atoms with van der Waals surface area (Å²) in [5, 5.41) is 11.9. The molecule has 96 valence electrons. The predicted octanol–water partition coefficient (Wildman–Crippen LogP) is 1.58. The van der Waals surface area contributed by atoms with E-state index in [2.05, 4.69) is 53.5 Å². The van der Waals surface area contributed by atoms with Crippen molar-refractivity contribution < 1.29 is 0 Å². The Bertz CT molecular complexity index is 500. The number of hydrogen-bond acceptors (Lipinski definition) is 4. The van der Waals surface area contributed by atoms with Crippen molar-refractivity contribution in [2.45, 2.75) is 32.2 Å². The van der Waals surface area contributed by atoms with Crippen LogP contribution < -0.4 is 5.73 Å². The first-order valence-corrected chi connectivity index (χ1v) is 6.14. The maximum absolute atomic E-state index is 6.15. The van der Waals surface area contributed by atoms with Crippen molar-refractivity contribution in [3.8, 4) is 0 Å². The second-order valence-electron chi connectivity index (χ2n) is 4.83. The smallest absolute Gasteiger partial charge is 0.176 e. The summed E-state index contributed by atoms with van der Waals surface area (Å²) in [7, 11) is 1.75. The first-order valence-electron chi connectivity index (χ1n) is 6.14. The van der Waals surface area contributed by atoms with Gasteiger partial charge in [0.1, 0.15) is 0 Å². The zero-order valence-corrected chi connectivity index (χ0v) is 11.0. The van der Waals surface area contributed by atoms with Gasteiger partial charge in [0.15, 0.2) is 5.82 Å². The number of hydrogen-bond donors (Lipinski definition) is 1. The average molecular weight is 245 g/mol. The molecule has 0 bridgehead atoms. The quantitative estimate of drug-likeness (QED) is 0.887. The lowest BCUT2D eigenvalue weighted by molar-refractivity contribution is 0.622. The van der Waals surface area contributed by atoms with E-state index in [1.165, 1.54) is 10.4 Å². The van der Waals surface area contributed by atoms with Crippen LogP contribution in [0.2, 0.25) is 0 Å². The maximum Gasteiger partial charge on any atom is 0.176 e. The highest BCUT2D eigenvalue weighted by Gasteiger charge is 2.11. The molecule has 0 aliphatic carbocycles. The molecule has 0 radical (unpaired) electrons. The number of nitrogens with two attached hydrogens (primary N) is 1. The lowest BCUT2D eigenvalue weighted by Gasteiger charge is -2.11. The van der Waals surface area contributed by atoms with Crippen LogP contribution in [0.25, 0.3) is 0 Å². The van der Waals surface area contributed by atoms with E-state index in [4.69, 9.17) is 5.73 Å². The lowest BCUT2D eigenvalue weighted by atomic mass is 9.98. The fourth-order valence-electron chi connectivity index (χ4n) is 1.85. The fraction of sp³-hybridized carbons (Fsp3) is 0.462. The van der Waals surface area contributed by atoms with E-state index in [1.54, 1.807) is 7.05 Å². The maximum atomic E-state index is 6.15. The molecule has 0 saturated carbocycles. The third-order valence-electron chi connectivity index (χ3n) is 2.98. The summed E-state index contributed by atoms with van der Waals surface area (Å²) >= 11 is 0. The van der Waals surface area contributed by atoms with Crippen LogP contribution in [0.15, 0.2) is 24.3 Å². The van der Waals surface area contributed by atoms with E-state index >= 15 is 0 Å². The molecule has 1 heterocycles. The van der Waals surface area contributed by atoms with Crippen LogP contribution in [-0.4, -0.2) is 20.2 Å². The van der Waals surface area contributed by atoms with Gasteiger partial charge in [0.25, 0.3) is 0 Å². The number of benzene rings is 1. The molecule has 0 fully saturated rings. The van der Waals surface area contributed by atoms with Crippen molar-refractivity contribution in [2.24, 2.45) is 12.8 Å². The minimum absolute atomic E-state index is 0.0876. The van der Waals surface area contributed by atoms with Gasteiger partial charge < -0.3 is 5.73 Å². The summed E-state index contributed by atoms with van der Waals surface area (Å²) in [6, 6.07) is 8.33. The van der Waals surface area contributed by atoms with E-state index in [1.807, 2.05) is 0 Å². The number of rotatable bonds is 4. The molecule has 2 N–H and O–H groups in total. The zero-order valence-electron chi connectivity index (χ0n) is 11.0. The SMILES string of the molecule is CC(C)c1ccc(C(N)Cc2nnn(C)n2)cc1. The molecule has 1 atom stereocenters. The molecular formula is C13H19N5.